The molecule has 0 saturated carbocycles. The van der Waals surface area contributed by atoms with Crippen LogP contribution in [-0.4, -0.2) is 20.2 Å². The number of nitrogens with two attached hydrogens (primary N) is 1. The maximum Gasteiger partial charge on any atom is 0.139 e. The Morgan fingerprint density at radius 2 is 2.25 bits per heavy atom. The molecule has 3 aromatic rings. The van der Waals surface area contributed by atoms with Gasteiger partial charge in [-0.1, -0.05) is 0 Å². The Bertz CT molecular complexity index is 649. The van der Waals surface area contributed by atoms with Crippen LogP contribution in [0.1, 0.15) is 5.69 Å². The van der Waals surface area contributed by atoms with Crippen LogP contribution in [0.15, 0.2) is 24.5 Å². The molecule has 0 radical (unpaired) electrons. The van der Waals surface area contributed by atoms with Gasteiger partial charge in [-0.05, 0) is 19.1 Å². The Morgan fingerprint density at radius 3 is 2.94 bits per heavy atom. The quantitative estimate of drug-likeness (QED) is 0.576. The lowest BCUT2D eigenvalue weighted by molar-refractivity contribution is 1.05. The van der Waals surface area contributed by atoms with Gasteiger partial charge < -0.3 is 10.7 Å². The molecule has 0 aliphatic carbocycles. The molecule has 0 amide bonds. The van der Waals surface area contributed by atoms with E-state index >= 15 is 0 Å². The fourth-order valence-electron chi connectivity index (χ4n) is 1.81. The fraction of sp³-hybridized carbons (Fsp3) is 0.0909. The Morgan fingerprint density at radius 1 is 1.38 bits per heavy atom. The first-order valence-corrected chi connectivity index (χ1v) is 4.99. The number of H-pyrrole nitrogens is 2. The zero-order valence-electron chi connectivity index (χ0n) is 8.78. The SMILES string of the molecule is Cc1[nH]ncc1-c1cc2c(N)ccnc2[nH]1. The third kappa shape index (κ3) is 1.18. The van der Waals surface area contributed by atoms with Crippen LogP contribution in [-0.2, 0) is 0 Å². The summed E-state index contributed by atoms with van der Waals surface area (Å²) in [6.45, 7) is 1.98. The second-order valence-electron chi connectivity index (χ2n) is 3.75. The highest BCUT2D eigenvalue weighted by molar-refractivity contribution is 5.92. The van der Waals surface area contributed by atoms with Crippen molar-refractivity contribution in [3.05, 3.63) is 30.2 Å². The highest BCUT2D eigenvalue weighted by Gasteiger charge is 2.09. The van der Waals surface area contributed by atoms with Gasteiger partial charge in [0.25, 0.3) is 0 Å². The molecule has 0 aliphatic heterocycles. The van der Waals surface area contributed by atoms with Crippen LogP contribution in [0, 0.1) is 6.92 Å². The number of nitrogen functional groups attached to an aromatic ring is 1. The number of aromatic amines is 2. The Balaban J connectivity index is 2.27. The fourth-order valence-corrected chi connectivity index (χ4v) is 1.81. The van der Waals surface area contributed by atoms with E-state index in [1.165, 1.54) is 0 Å². The first kappa shape index (κ1) is 8.96. The first-order chi connectivity index (χ1) is 7.75. The van der Waals surface area contributed by atoms with Crippen LogP contribution < -0.4 is 5.73 Å². The van der Waals surface area contributed by atoms with Gasteiger partial charge in [0.15, 0.2) is 0 Å². The van der Waals surface area contributed by atoms with E-state index in [2.05, 4.69) is 20.2 Å². The van der Waals surface area contributed by atoms with Gasteiger partial charge in [-0.3, -0.25) is 5.10 Å². The van der Waals surface area contributed by atoms with E-state index in [-0.39, 0.29) is 0 Å². The number of fused-ring (bicyclic) bond motifs is 1. The second-order valence-corrected chi connectivity index (χ2v) is 3.75. The minimum atomic E-state index is 0.730. The predicted molar refractivity (Wildman–Crippen MR) is 62.8 cm³/mol. The van der Waals surface area contributed by atoms with E-state index in [1.807, 2.05) is 13.0 Å². The Hall–Kier alpha value is -2.30. The van der Waals surface area contributed by atoms with Crippen molar-refractivity contribution in [3.63, 3.8) is 0 Å². The lowest BCUT2D eigenvalue weighted by Crippen LogP contribution is -1.85. The van der Waals surface area contributed by atoms with Crippen molar-refractivity contribution in [2.24, 2.45) is 0 Å². The van der Waals surface area contributed by atoms with Crippen LogP contribution in [0.5, 0.6) is 0 Å². The first-order valence-electron chi connectivity index (χ1n) is 4.99. The van der Waals surface area contributed by atoms with Crippen molar-refractivity contribution in [3.8, 4) is 11.3 Å². The number of aryl methyl sites for hydroxylation is 1. The molecule has 5 heteroatoms. The molecule has 0 atom stereocenters. The number of hydrogen-bond donors (Lipinski definition) is 3. The third-order valence-corrected chi connectivity index (χ3v) is 2.69. The average Bonchev–Trinajstić information content (AvgIpc) is 2.84. The van der Waals surface area contributed by atoms with Crippen molar-refractivity contribution in [2.75, 3.05) is 5.73 Å². The molecule has 80 valence electrons. The molecule has 0 bridgehead atoms. The molecule has 3 aromatic heterocycles. The maximum atomic E-state index is 5.88. The number of nitrogens with one attached hydrogen (secondary N) is 2. The molecule has 0 spiro atoms. The van der Waals surface area contributed by atoms with Gasteiger partial charge in [0, 0.05) is 28.5 Å². The summed E-state index contributed by atoms with van der Waals surface area (Å²) in [5.74, 6) is 0. The van der Waals surface area contributed by atoms with Crippen molar-refractivity contribution in [2.45, 2.75) is 6.92 Å². The van der Waals surface area contributed by atoms with Crippen LogP contribution in [0.2, 0.25) is 0 Å². The molecular formula is C11H11N5. The summed E-state index contributed by atoms with van der Waals surface area (Å²) in [5.41, 5.74) is 10.4. The molecule has 0 aliphatic rings. The lowest BCUT2D eigenvalue weighted by atomic mass is 10.2. The monoisotopic (exact) mass is 213 g/mol. The predicted octanol–water partition coefficient (Wildman–Crippen LogP) is 1.84. The van der Waals surface area contributed by atoms with Gasteiger partial charge in [-0.15, -0.1) is 0 Å². The van der Waals surface area contributed by atoms with Gasteiger partial charge in [0.05, 0.1) is 11.9 Å². The average molecular weight is 213 g/mol. The zero-order valence-corrected chi connectivity index (χ0v) is 8.78. The van der Waals surface area contributed by atoms with Crippen molar-refractivity contribution in [1.82, 2.24) is 20.2 Å². The van der Waals surface area contributed by atoms with Crippen LogP contribution in [0.3, 0.4) is 0 Å². The van der Waals surface area contributed by atoms with Gasteiger partial charge in [0.1, 0.15) is 5.65 Å². The molecule has 16 heavy (non-hydrogen) atoms. The number of hydrogen-bond acceptors (Lipinski definition) is 3. The summed E-state index contributed by atoms with van der Waals surface area (Å²) >= 11 is 0. The van der Waals surface area contributed by atoms with Crippen LogP contribution in [0.4, 0.5) is 5.69 Å². The molecule has 4 N–H and O–H groups in total. The summed E-state index contributed by atoms with van der Waals surface area (Å²) in [5, 5.41) is 7.84. The smallest absolute Gasteiger partial charge is 0.139 e. The summed E-state index contributed by atoms with van der Waals surface area (Å²) in [6.07, 6.45) is 3.48. The number of aromatic nitrogens is 4. The number of rotatable bonds is 1. The summed E-state index contributed by atoms with van der Waals surface area (Å²) in [6, 6.07) is 3.79. The molecule has 0 fully saturated rings. The van der Waals surface area contributed by atoms with E-state index in [0.717, 1.165) is 33.7 Å². The highest BCUT2D eigenvalue weighted by Crippen LogP contribution is 2.27. The molecule has 3 heterocycles. The molecule has 5 nitrogen and oxygen atoms in total. The van der Waals surface area contributed by atoms with Gasteiger partial charge in [-0.25, -0.2) is 4.98 Å². The number of nitrogens with zero attached hydrogens (tertiary/aromatic N) is 2. The lowest BCUT2D eigenvalue weighted by Gasteiger charge is -1.92. The number of anilines is 1. The van der Waals surface area contributed by atoms with Crippen molar-refractivity contribution < 1.29 is 0 Å². The number of pyridine rings is 1. The van der Waals surface area contributed by atoms with Crippen LogP contribution >= 0.6 is 0 Å². The Labute approximate surface area is 91.7 Å². The van der Waals surface area contributed by atoms with Crippen molar-refractivity contribution >= 4 is 16.7 Å². The van der Waals surface area contributed by atoms with Gasteiger partial charge >= 0.3 is 0 Å². The minimum Gasteiger partial charge on any atom is -0.398 e. The minimum absolute atomic E-state index is 0.730. The summed E-state index contributed by atoms with van der Waals surface area (Å²) < 4.78 is 0. The van der Waals surface area contributed by atoms with E-state index in [1.54, 1.807) is 18.5 Å². The topological polar surface area (TPSA) is 83.4 Å². The van der Waals surface area contributed by atoms with E-state index in [0.29, 0.717) is 0 Å². The normalized spacial score (nSPS) is 11.1. The molecular weight excluding hydrogens is 202 g/mol. The molecule has 0 aromatic carbocycles. The Kier molecular flexibility index (Phi) is 1.73. The molecule has 3 rings (SSSR count). The van der Waals surface area contributed by atoms with E-state index in [9.17, 15) is 0 Å². The van der Waals surface area contributed by atoms with E-state index in [4.69, 9.17) is 5.73 Å². The standard InChI is InChI=1S/C11H11N5/c1-6-8(5-14-16-6)10-4-7-9(12)2-3-13-11(7)15-10/h2-5H,1H3,(H,14,16)(H3,12,13,15). The summed E-state index contributed by atoms with van der Waals surface area (Å²) in [7, 11) is 0. The summed E-state index contributed by atoms with van der Waals surface area (Å²) in [4.78, 5) is 7.46. The van der Waals surface area contributed by atoms with E-state index < -0.39 is 0 Å². The van der Waals surface area contributed by atoms with Gasteiger partial charge in [-0.2, -0.15) is 5.10 Å². The maximum absolute atomic E-state index is 5.88. The zero-order chi connectivity index (χ0) is 11.1. The van der Waals surface area contributed by atoms with Crippen molar-refractivity contribution in [1.29, 1.82) is 0 Å². The molecule has 0 saturated heterocycles. The van der Waals surface area contributed by atoms with Gasteiger partial charge in [0.2, 0.25) is 0 Å². The van der Waals surface area contributed by atoms with Crippen LogP contribution in [0.25, 0.3) is 22.3 Å². The second kappa shape index (κ2) is 3.10. The third-order valence-electron chi connectivity index (χ3n) is 2.69. The molecule has 0 unspecified atom stereocenters. The largest absolute Gasteiger partial charge is 0.398 e. The highest BCUT2D eigenvalue weighted by atomic mass is 15.1.